The molecule has 17 heavy (non-hydrogen) atoms. The average Bonchev–Trinajstić information content (AvgIpc) is 2.86. The van der Waals surface area contributed by atoms with Gasteiger partial charge in [0.1, 0.15) is 0 Å². The Labute approximate surface area is 100 Å². The van der Waals surface area contributed by atoms with E-state index in [0.29, 0.717) is 17.5 Å². The van der Waals surface area contributed by atoms with Crippen LogP contribution in [-0.2, 0) is 5.41 Å². The highest BCUT2D eigenvalue weighted by Gasteiger charge is 2.50. The van der Waals surface area contributed by atoms with E-state index in [9.17, 15) is 10.1 Å². The van der Waals surface area contributed by atoms with Gasteiger partial charge in [-0.15, -0.1) is 0 Å². The van der Waals surface area contributed by atoms with Crippen molar-refractivity contribution in [3.8, 4) is 0 Å². The van der Waals surface area contributed by atoms with Crippen molar-refractivity contribution in [2.75, 3.05) is 0 Å². The molecule has 0 heterocycles. The molecule has 3 nitrogen and oxygen atoms in total. The molecule has 0 saturated carbocycles. The van der Waals surface area contributed by atoms with E-state index in [1.165, 1.54) is 0 Å². The number of nitro benzene ring substituents is 1. The summed E-state index contributed by atoms with van der Waals surface area (Å²) >= 11 is 0. The molecule has 2 aliphatic rings. The molecule has 88 valence electrons. The smallest absolute Gasteiger partial charge is 0.258 e. The van der Waals surface area contributed by atoms with Crippen LogP contribution in [0.25, 0.3) is 0 Å². The molecule has 2 unspecified atom stereocenters. The maximum atomic E-state index is 11.2. The number of fused-ring (bicyclic) bond motifs is 5. The minimum atomic E-state index is -0.239. The number of rotatable bonds is 2. The second-order valence-electron chi connectivity index (χ2n) is 5.36. The van der Waals surface area contributed by atoms with Crippen molar-refractivity contribution in [2.45, 2.75) is 31.6 Å². The van der Waals surface area contributed by atoms with Crippen molar-refractivity contribution in [3.05, 3.63) is 51.6 Å². The van der Waals surface area contributed by atoms with Gasteiger partial charge in [-0.25, -0.2) is 0 Å². The van der Waals surface area contributed by atoms with E-state index in [4.69, 9.17) is 0 Å². The zero-order chi connectivity index (χ0) is 12.2. The second kappa shape index (κ2) is 3.19. The van der Waals surface area contributed by atoms with Crippen LogP contribution in [0.3, 0.4) is 0 Å². The van der Waals surface area contributed by atoms with Crippen LogP contribution in [0.4, 0.5) is 5.69 Å². The Morgan fingerprint density at radius 1 is 1.47 bits per heavy atom. The fourth-order valence-electron chi connectivity index (χ4n) is 3.43. The molecule has 2 aliphatic carbocycles. The van der Waals surface area contributed by atoms with Crippen LogP contribution in [0.2, 0.25) is 0 Å². The number of allylic oxidation sites excluding steroid dienone is 2. The zero-order valence-corrected chi connectivity index (χ0v) is 10.0. The van der Waals surface area contributed by atoms with Crippen molar-refractivity contribution in [2.24, 2.45) is 5.92 Å². The summed E-state index contributed by atoms with van der Waals surface area (Å²) in [4.78, 5) is 10.9. The molecule has 3 rings (SSSR count). The molecule has 0 N–H and O–H groups in total. The molecule has 0 aromatic heterocycles. The quantitative estimate of drug-likeness (QED) is 0.442. The summed E-state index contributed by atoms with van der Waals surface area (Å²) in [6.07, 6.45) is 5.41. The molecule has 0 amide bonds. The first-order valence-corrected chi connectivity index (χ1v) is 6.03. The Morgan fingerprint density at radius 3 is 2.88 bits per heavy atom. The third kappa shape index (κ3) is 1.17. The van der Waals surface area contributed by atoms with E-state index < -0.39 is 0 Å². The summed E-state index contributed by atoms with van der Waals surface area (Å²) in [5.41, 5.74) is 2.31. The molecule has 0 radical (unpaired) electrons. The fraction of sp³-hybridized carbons (Fsp3) is 0.429. The minimum Gasteiger partial charge on any atom is -0.258 e. The van der Waals surface area contributed by atoms with Crippen LogP contribution in [0.15, 0.2) is 30.4 Å². The number of nitro groups is 1. The van der Waals surface area contributed by atoms with Crippen LogP contribution >= 0.6 is 0 Å². The molecule has 0 fully saturated rings. The van der Waals surface area contributed by atoms with Gasteiger partial charge >= 0.3 is 0 Å². The van der Waals surface area contributed by atoms with E-state index >= 15 is 0 Å². The first-order chi connectivity index (χ1) is 8.06. The second-order valence-corrected chi connectivity index (χ2v) is 5.36. The van der Waals surface area contributed by atoms with E-state index in [0.717, 1.165) is 17.5 Å². The Bertz CT molecular complexity index is 533. The van der Waals surface area contributed by atoms with Crippen LogP contribution in [0.5, 0.6) is 0 Å². The molecule has 0 aliphatic heterocycles. The zero-order valence-electron chi connectivity index (χ0n) is 10.0. The lowest BCUT2D eigenvalue weighted by Crippen LogP contribution is -2.26. The third-order valence-corrected chi connectivity index (χ3v) is 4.35. The van der Waals surface area contributed by atoms with Crippen molar-refractivity contribution in [1.29, 1.82) is 0 Å². The van der Waals surface area contributed by atoms with Gasteiger partial charge in [-0.1, -0.05) is 38.1 Å². The highest BCUT2D eigenvalue weighted by molar-refractivity contribution is 5.61. The molecular formula is C14H15NO2. The van der Waals surface area contributed by atoms with Gasteiger partial charge in [0.25, 0.3) is 5.69 Å². The predicted molar refractivity (Wildman–Crippen MR) is 66.1 cm³/mol. The fourth-order valence-corrected chi connectivity index (χ4v) is 3.43. The standard InChI is InChI=1S/C14H15NO2/c1-9(2)14-7-6-10(8-14)11-4-3-5-12(13(11)14)15(16)17/h3-7,9-10H,8H2,1-2H3. The van der Waals surface area contributed by atoms with Gasteiger partial charge in [-0.05, 0) is 17.9 Å². The predicted octanol–water partition coefficient (Wildman–Crippen LogP) is 3.55. The van der Waals surface area contributed by atoms with Crippen LogP contribution in [0.1, 0.15) is 37.3 Å². The number of hydrogen-bond acceptors (Lipinski definition) is 2. The normalized spacial score (nSPS) is 28.8. The molecule has 2 bridgehead atoms. The van der Waals surface area contributed by atoms with Gasteiger partial charge in [-0.3, -0.25) is 10.1 Å². The number of benzene rings is 1. The van der Waals surface area contributed by atoms with Crippen molar-refractivity contribution in [3.63, 3.8) is 0 Å². The topological polar surface area (TPSA) is 43.1 Å². The van der Waals surface area contributed by atoms with Crippen molar-refractivity contribution >= 4 is 5.69 Å². The van der Waals surface area contributed by atoms with E-state index in [2.05, 4.69) is 26.0 Å². The SMILES string of the molecule is CC(C)C12C=CC(C1)c1cccc([N+](=O)[O-])c12. The Kier molecular flexibility index (Phi) is 1.97. The molecule has 1 aromatic carbocycles. The van der Waals surface area contributed by atoms with Gasteiger partial charge < -0.3 is 0 Å². The maximum Gasteiger partial charge on any atom is 0.273 e. The Hall–Kier alpha value is -1.64. The molecule has 2 atom stereocenters. The van der Waals surface area contributed by atoms with Crippen molar-refractivity contribution in [1.82, 2.24) is 0 Å². The lowest BCUT2D eigenvalue weighted by molar-refractivity contribution is -0.386. The van der Waals surface area contributed by atoms with Crippen LogP contribution < -0.4 is 0 Å². The highest BCUT2D eigenvalue weighted by atomic mass is 16.6. The molecular weight excluding hydrogens is 214 g/mol. The van der Waals surface area contributed by atoms with E-state index in [1.807, 2.05) is 6.07 Å². The monoisotopic (exact) mass is 229 g/mol. The summed E-state index contributed by atoms with van der Waals surface area (Å²) in [6, 6.07) is 5.48. The molecule has 3 heteroatoms. The largest absolute Gasteiger partial charge is 0.273 e. The lowest BCUT2D eigenvalue weighted by atomic mass is 9.73. The summed E-state index contributed by atoms with van der Waals surface area (Å²) in [7, 11) is 0. The van der Waals surface area contributed by atoms with Gasteiger partial charge in [-0.2, -0.15) is 0 Å². The molecule has 0 spiro atoms. The number of nitrogens with zero attached hydrogens (tertiary/aromatic N) is 1. The number of hydrogen-bond donors (Lipinski definition) is 0. The van der Waals surface area contributed by atoms with Crippen LogP contribution in [0, 0.1) is 16.0 Å². The minimum absolute atomic E-state index is 0.107. The van der Waals surface area contributed by atoms with Gasteiger partial charge in [0.2, 0.25) is 0 Å². The van der Waals surface area contributed by atoms with E-state index in [-0.39, 0.29) is 10.3 Å². The molecule has 1 aromatic rings. The van der Waals surface area contributed by atoms with E-state index in [1.54, 1.807) is 12.1 Å². The summed E-state index contributed by atoms with van der Waals surface area (Å²) in [6.45, 7) is 4.30. The Balaban J connectivity index is 2.29. The van der Waals surface area contributed by atoms with Crippen LogP contribution in [-0.4, -0.2) is 4.92 Å². The highest BCUT2D eigenvalue weighted by Crippen LogP contribution is 2.58. The third-order valence-electron chi connectivity index (χ3n) is 4.35. The summed E-state index contributed by atoms with van der Waals surface area (Å²) < 4.78 is 0. The Morgan fingerprint density at radius 2 is 2.24 bits per heavy atom. The van der Waals surface area contributed by atoms with Gasteiger partial charge in [0, 0.05) is 23.0 Å². The van der Waals surface area contributed by atoms with Gasteiger partial charge in [0.05, 0.1) is 4.92 Å². The maximum absolute atomic E-state index is 11.2. The molecule has 0 saturated heterocycles. The summed E-state index contributed by atoms with van der Waals surface area (Å²) in [5.74, 6) is 0.776. The summed E-state index contributed by atoms with van der Waals surface area (Å²) in [5, 5.41) is 11.2. The average molecular weight is 229 g/mol. The lowest BCUT2D eigenvalue weighted by Gasteiger charge is -2.29. The first-order valence-electron chi connectivity index (χ1n) is 6.03. The van der Waals surface area contributed by atoms with Crippen molar-refractivity contribution < 1.29 is 4.92 Å². The van der Waals surface area contributed by atoms with Gasteiger partial charge in [0.15, 0.2) is 0 Å². The first kappa shape index (κ1) is 10.5.